The molecular weight excluding hydrogens is 158 g/mol. The van der Waals surface area contributed by atoms with Crippen molar-refractivity contribution in [3.8, 4) is 6.07 Å². The second-order valence-corrected chi connectivity index (χ2v) is 4.21. The molecule has 0 radical (unpaired) electrons. The lowest BCUT2D eigenvalue weighted by molar-refractivity contribution is 0.482. The van der Waals surface area contributed by atoms with Crippen LogP contribution in [0.1, 0.15) is 52.4 Å². The fourth-order valence-corrected chi connectivity index (χ4v) is 2.02. The van der Waals surface area contributed by atoms with E-state index in [9.17, 15) is 0 Å². The van der Waals surface area contributed by atoms with Crippen molar-refractivity contribution in [1.29, 1.82) is 5.26 Å². The van der Waals surface area contributed by atoms with Crippen LogP contribution in [0.5, 0.6) is 0 Å². The van der Waals surface area contributed by atoms with Gasteiger partial charge >= 0.3 is 0 Å². The van der Waals surface area contributed by atoms with Crippen LogP contribution in [-0.4, -0.2) is 0 Å². The fraction of sp³-hybridized carbons (Fsp3) is 0.750. The first-order valence-electron chi connectivity index (χ1n) is 5.29. The molecular formula is C12H19N. The van der Waals surface area contributed by atoms with Crippen LogP contribution < -0.4 is 0 Å². The van der Waals surface area contributed by atoms with Gasteiger partial charge in [-0.1, -0.05) is 11.1 Å². The average Bonchev–Trinajstić information content (AvgIpc) is 2.03. The highest BCUT2D eigenvalue weighted by Gasteiger charge is 2.12. The highest BCUT2D eigenvalue weighted by atomic mass is 14.3. The van der Waals surface area contributed by atoms with Gasteiger partial charge in [-0.15, -0.1) is 0 Å². The predicted octanol–water partition coefficient (Wildman–Crippen LogP) is 3.82. The molecule has 1 aliphatic rings. The predicted molar refractivity (Wildman–Crippen MR) is 55.2 cm³/mol. The average molecular weight is 177 g/mol. The molecule has 0 aromatic carbocycles. The molecule has 13 heavy (non-hydrogen) atoms. The number of nitrogens with zero attached hydrogens (tertiary/aromatic N) is 1. The zero-order valence-corrected chi connectivity index (χ0v) is 8.77. The summed E-state index contributed by atoms with van der Waals surface area (Å²) in [6.07, 6.45) is 7.07. The highest BCUT2D eigenvalue weighted by molar-refractivity contribution is 5.10. The van der Waals surface area contributed by atoms with Gasteiger partial charge in [-0.3, -0.25) is 0 Å². The standard InChI is InChI=1S/C12H19N/c1-10(2)12-7-3-5-11(9-13)6-4-8-12/h11H,3-8H2,1-2H3. The minimum absolute atomic E-state index is 0.332. The molecule has 0 aromatic heterocycles. The second-order valence-electron chi connectivity index (χ2n) is 4.21. The molecule has 0 atom stereocenters. The van der Waals surface area contributed by atoms with Crippen LogP contribution in [0.2, 0.25) is 0 Å². The lowest BCUT2D eigenvalue weighted by Gasteiger charge is -2.16. The minimum Gasteiger partial charge on any atom is -0.198 e. The van der Waals surface area contributed by atoms with E-state index in [0.29, 0.717) is 5.92 Å². The van der Waals surface area contributed by atoms with Gasteiger partial charge in [-0.25, -0.2) is 0 Å². The molecule has 1 rings (SSSR count). The molecule has 0 heterocycles. The van der Waals surface area contributed by atoms with Gasteiger partial charge in [0, 0.05) is 5.92 Å². The van der Waals surface area contributed by atoms with Crippen molar-refractivity contribution < 1.29 is 0 Å². The Morgan fingerprint density at radius 2 is 1.77 bits per heavy atom. The summed E-state index contributed by atoms with van der Waals surface area (Å²) in [6.45, 7) is 4.41. The van der Waals surface area contributed by atoms with E-state index in [-0.39, 0.29) is 0 Å². The van der Waals surface area contributed by atoms with Crippen LogP contribution >= 0.6 is 0 Å². The summed E-state index contributed by atoms with van der Waals surface area (Å²) in [7, 11) is 0. The Morgan fingerprint density at radius 1 is 1.23 bits per heavy atom. The molecule has 0 N–H and O–H groups in total. The van der Waals surface area contributed by atoms with Gasteiger partial charge in [-0.05, 0) is 52.4 Å². The van der Waals surface area contributed by atoms with Gasteiger partial charge in [0.2, 0.25) is 0 Å². The lowest BCUT2D eigenvalue weighted by Crippen LogP contribution is -2.02. The van der Waals surface area contributed by atoms with Crippen LogP contribution in [0.15, 0.2) is 11.1 Å². The number of nitriles is 1. The zero-order chi connectivity index (χ0) is 9.68. The van der Waals surface area contributed by atoms with Crippen molar-refractivity contribution in [2.75, 3.05) is 0 Å². The number of hydrogen-bond acceptors (Lipinski definition) is 1. The van der Waals surface area contributed by atoms with E-state index in [1.54, 1.807) is 5.57 Å². The third-order valence-electron chi connectivity index (χ3n) is 2.95. The van der Waals surface area contributed by atoms with E-state index in [1.165, 1.54) is 31.3 Å². The highest BCUT2D eigenvalue weighted by Crippen LogP contribution is 2.26. The molecule has 0 spiro atoms. The molecule has 0 amide bonds. The summed E-state index contributed by atoms with van der Waals surface area (Å²) in [4.78, 5) is 0. The smallest absolute Gasteiger partial charge is 0.0655 e. The Kier molecular flexibility index (Phi) is 4.02. The monoisotopic (exact) mass is 177 g/mol. The quantitative estimate of drug-likeness (QED) is 0.516. The third-order valence-corrected chi connectivity index (χ3v) is 2.95. The molecule has 72 valence electrons. The maximum atomic E-state index is 8.82. The first-order chi connectivity index (χ1) is 6.24. The van der Waals surface area contributed by atoms with Crippen molar-refractivity contribution in [3.63, 3.8) is 0 Å². The molecule has 1 nitrogen and oxygen atoms in total. The molecule has 0 aromatic rings. The molecule has 0 saturated heterocycles. The van der Waals surface area contributed by atoms with E-state index >= 15 is 0 Å². The molecule has 1 heteroatoms. The van der Waals surface area contributed by atoms with Gasteiger partial charge in [0.25, 0.3) is 0 Å². The van der Waals surface area contributed by atoms with Crippen LogP contribution in [0.3, 0.4) is 0 Å². The molecule has 1 fully saturated rings. The maximum Gasteiger partial charge on any atom is 0.0655 e. The first-order valence-corrected chi connectivity index (χ1v) is 5.29. The van der Waals surface area contributed by atoms with Gasteiger partial charge in [0.1, 0.15) is 0 Å². The van der Waals surface area contributed by atoms with E-state index < -0.39 is 0 Å². The van der Waals surface area contributed by atoms with E-state index in [1.807, 2.05) is 0 Å². The lowest BCUT2D eigenvalue weighted by atomic mass is 9.88. The molecule has 0 aliphatic heterocycles. The fourth-order valence-electron chi connectivity index (χ4n) is 2.02. The van der Waals surface area contributed by atoms with E-state index in [4.69, 9.17) is 5.26 Å². The Labute approximate surface area is 81.5 Å². The Hall–Kier alpha value is -0.770. The van der Waals surface area contributed by atoms with Gasteiger partial charge < -0.3 is 0 Å². The maximum absolute atomic E-state index is 8.82. The largest absolute Gasteiger partial charge is 0.198 e. The minimum atomic E-state index is 0.332. The number of allylic oxidation sites excluding steroid dienone is 2. The molecule has 0 bridgehead atoms. The second kappa shape index (κ2) is 5.07. The van der Waals surface area contributed by atoms with Crippen molar-refractivity contribution in [3.05, 3.63) is 11.1 Å². The summed E-state index contributed by atoms with van der Waals surface area (Å²) < 4.78 is 0. The van der Waals surface area contributed by atoms with Crippen molar-refractivity contribution in [2.24, 2.45) is 5.92 Å². The normalized spacial score (nSPS) is 24.4. The van der Waals surface area contributed by atoms with Crippen LogP contribution in [0, 0.1) is 17.2 Å². The first kappa shape index (κ1) is 10.3. The molecule has 1 saturated carbocycles. The molecule has 0 unspecified atom stereocenters. The third kappa shape index (κ3) is 3.22. The van der Waals surface area contributed by atoms with Crippen LogP contribution in [-0.2, 0) is 0 Å². The van der Waals surface area contributed by atoms with E-state index in [0.717, 1.165) is 12.8 Å². The Bertz CT molecular complexity index is 216. The Morgan fingerprint density at radius 3 is 2.15 bits per heavy atom. The van der Waals surface area contributed by atoms with Crippen molar-refractivity contribution in [2.45, 2.75) is 52.4 Å². The van der Waals surface area contributed by atoms with E-state index in [2.05, 4.69) is 19.9 Å². The zero-order valence-electron chi connectivity index (χ0n) is 8.77. The summed E-state index contributed by atoms with van der Waals surface area (Å²) in [6, 6.07) is 2.40. The Balaban J connectivity index is 2.50. The van der Waals surface area contributed by atoms with Crippen LogP contribution in [0.4, 0.5) is 0 Å². The van der Waals surface area contributed by atoms with Gasteiger partial charge in [-0.2, -0.15) is 5.26 Å². The molecule has 1 aliphatic carbocycles. The van der Waals surface area contributed by atoms with Crippen LogP contribution in [0.25, 0.3) is 0 Å². The number of rotatable bonds is 0. The summed E-state index contributed by atoms with van der Waals surface area (Å²) >= 11 is 0. The van der Waals surface area contributed by atoms with Crippen molar-refractivity contribution >= 4 is 0 Å². The summed E-state index contributed by atoms with van der Waals surface area (Å²) in [5.41, 5.74) is 3.13. The van der Waals surface area contributed by atoms with Crippen molar-refractivity contribution in [1.82, 2.24) is 0 Å². The topological polar surface area (TPSA) is 23.8 Å². The summed E-state index contributed by atoms with van der Waals surface area (Å²) in [5, 5.41) is 8.82. The van der Waals surface area contributed by atoms with Gasteiger partial charge in [0.05, 0.1) is 6.07 Å². The van der Waals surface area contributed by atoms with Gasteiger partial charge in [0.15, 0.2) is 0 Å². The summed E-state index contributed by atoms with van der Waals surface area (Å²) in [5.74, 6) is 0.332. The number of hydrogen-bond donors (Lipinski definition) is 0. The SMILES string of the molecule is CC(C)=C1CCCC(C#N)CCC1.